The molecule has 0 aliphatic heterocycles. The molecule has 0 spiro atoms. The summed E-state index contributed by atoms with van der Waals surface area (Å²) < 4.78 is 29.3. The number of rotatable bonds is 2. The van der Waals surface area contributed by atoms with E-state index in [4.69, 9.17) is 10.2 Å². The monoisotopic (exact) mass is 217 g/mol. The topological polar surface area (TPSA) is 64.9 Å². The van der Waals surface area contributed by atoms with E-state index >= 15 is 0 Å². The molecule has 0 unspecified atom stereocenters. The van der Waals surface area contributed by atoms with Gasteiger partial charge in [0.2, 0.25) is 5.89 Å². The van der Waals surface area contributed by atoms with Gasteiger partial charge in [-0.05, 0) is 25.7 Å². The van der Waals surface area contributed by atoms with Crippen LogP contribution in [0, 0.1) is 0 Å². The Balaban J connectivity index is 2.03. The van der Waals surface area contributed by atoms with Crippen molar-refractivity contribution in [1.82, 2.24) is 10.2 Å². The molecule has 1 aliphatic rings. The van der Waals surface area contributed by atoms with Crippen LogP contribution in [0.1, 0.15) is 49.8 Å². The molecule has 0 bridgehead atoms. The number of hydrogen-bond acceptors (Lipinski definition) is 4. The lowest BCUT2D eigenvalue weighted by atomic mass is 9.86. The maximum Gasteiger partial charge on any atom is 0.314 e. The van der Waals surface area contributed by atoms with Gasteiger partial charge in [0.25, 0.3) is 5.89 Å². The molecule has 1 aromatic rings. The lowest BCUT2D eigenvalue weighted by molar-refractivity contribution is 0.112. The first kappa shape index (κ1) is 10.5. The van der Waals surface area contributed by atoms with E-state index in [1.165, 1.54) is 0 Å². The Hall–Kier alpha value is -1.04. The molecule has 0 radical (unpaired) electrons. The summed E-state index contributed by atoms with van der Waals surface area (Å²) in [5.74, 6) is -0.151. The number of alkyl halides is 2. The van der Waals surface area contributed by atoms with Gasteiger partial charge >= 0.3 is 6.43 Å². The van der Waals surface area contributed by atoms with Crippen molar-refractivity contribution in [3.05, 3.63) is 11.8 Å². The molecule has 84 valence electrons. The first-order valence-corrected chi connectivity index (χ1v) is 5.04. The van der Waals surface area contributed by atoms with Crippen LogP contribution in [0.5, 0.6) is 0 Å². The quantitative estimate of drug-likeness (QED) is 0.822. The van der Waals surface area contributed by atoms with Crippen LogP contribution in [-0.2, 0) is 0 Å². The molecule has 15 heavy (non-hydrogen) atoms. The molecule has 1 aliphatic carbocycles. The van der Waals surface area contributed by atoms with Crippen molar-refractivity contribution < 1.29 is 13.2 Å². The Kier molecular flexibility index (Phi) is 2.95. The average molecular weight is 217 g/mol. The summed E-state index contributed by atoms with van der Waals surface area (Å²) in [5.41, 5.74) is 5.74. The van der Waals surface area contributed by atoms with Crippen LogP contribution in [0.2, 0.25) is 0 Å². The van der Waals surface area contributed by atoms with Crippen LogP contribution in [-0.4, -0.2) is 16.2 Å². The van der Waals surface area contributed by atoms with E-state index in [1.54, 1.807) is 0 Å². The summed E-state index contributed by atoms with van der Waals surface area (Å²) in [6.07, 6.45) is 0.767. The number of aromatic nitrogens is 2. The summed E-state index contributed by atoms with van der Waals surface area (Å²) in [5, 5.41) is 6.96. The fourth-order valence-corrected chi connectivity index (χ4v) is 1.87. The zero-order chi connectivity index (χ0) is 10.8. The van der Waals surface area contributed by atoms with Crippen molar-refractivity contribution in [2.24, 2.45) is 5.73 Å². The Morgan fingerprint density at radius 2 is 1.87 bits per heavy atom. The van der Waals surface area contributed by atoms with Gasteiger partial charge in [-0.15, -0.1) is 10.2 Å². The van der Waals surface area contributed by atoms with E-state index in [1.807, 2.05) is 0 Å². The predicted molar refractivity (Wildman–Crippen MR) is 48.4 cm³/mol. The van der Waals surface area contributed by atoms with Gasteiger partial charge in [-0.1, -0.05) is 0 Å². The second-order valence-corrected chi connectivity index (χ2v) is 3.89. The van der Waals surface area contributed by atoms with Crippen LogP contribution in [0.25, 0.3) is 0 Å². The van der Waals surface area contributed by atoms with E-state index in [0.29, 0.717) is 5.89 Å². The summed E-state index contributed by atoms with van der Waals surface area (Å²) in [6.45, 7) is 0. The molecule has 4 nitrogen and oxygen atoms in total. The standard InChI is InChI=1S/C9H13F2N3O/c10-7(11)9-14-13-8(15-9)5-1-3-6(12)4-2-5/h5-7H,1-4,12H2/t5-,6-. The number of nitrogens with two attached hydrogens (primary N) is 1. The van der Waals surface area contributed by atoms with Crippen LogP contribution in [0.15, 0.2) is 4.42 Å². The van der Waals surface area contributed by atoms with E-state index in [0.717, 1.165) is 25.7 Å². The Bertz CT molecular complexity index is 321. The smallest absolute Gasteiger partial charge is 0.314 e. The van der Waals surface area contributed by atoms with Gasteiger partial charge in [0, 0.05) is 12.0 Å². The van der Waals surface area contributed by atoms with Gasteiger partial charge in [0.05, 0.1) is 0 Å². The summed E-state index contributed by atoms with van der Waals surface area (Å²) in [7, 11) is 0. The number of hydrogen-bond donors (Lipinski definition) is 1. The first-order valence-electron chi connectivity index (χ1n) is 5.04. The highest BCUT2D eigenvalue weighted by Crippen LogP contribution is 2.32. The van der Waals surface area contributed by atoms with E-state index in [2.05, 4.69) is 10.2 Å². The second-order valence-electron chi connectivity index (χ2n) is 3.89. The van der Waals surface area contributed by atoms with Crippen LogP contribution in [0.3, 0.4) is 0 Å². The Labute approximate surface area is 85.9 Å². The van der Waals surface area contributed by atoms with Crippen molar-refractivity contribution in [3.8, 4) is 0 Å². The normalized spacial score (nSPS) is 27.2. The average Bonchev–Trinajstić information content (AvgIpc) is 2.68. The van der Waals surface area contributed by atoms with Crippen molar-refractivity contribution in [2.75, 3.05) is 0 Å². The molecule has 2 rings (SSSR count). The van der Waals surface area contributed by atoms with Crippen LogP contribution >= 0.6 is 0 Å². The third-order valence-electron chi connectivity index (χ3n) is 2.76. The lowest BCUT2D eigenvalue weighted by Gasteiger charge is -2.23. The minimum absolute atomic E-state index is 0.102. The minimum Gasteiger partial charge on any atom is -0.419 e. The largest absolute Gasteiger partial charge is 0.419 e. The first-order chi connectivity index (χ1) is 7.16. The highest BCUT2D eigenvalue weighted by atomic mass is 19.3. The number of nitrogens with zero attached hydrogens (tertiary/aromatic N) is 2. The molecular weight excluding hydrogens is 204 g/mol. The predicted octanol–water partition coefficient (Wildman–Crippen LogP) is 1.99. The molecule has 1 aromatic heterocycles. The zero-order valence-corrected chi connectivity index (χ0v) is 8.20. The fraction of sp³-hybridized carbons (Fsp3) is 0.778. The summed E-state index contributed by atoms with van der Waals surface area (Å²) in [4.78, 5) is 0. The molecule has 1 saturated carbocycles. The third-order valence-corrected chi connectivity index (χ3v) is 2.76. The van der Waals surface area contributed by atoms with Gasteiger partial charge in [0.15, 0.2) is 0 Å². The highest BCUT2D eigenvalue weighted by Gasteiger charge is 2.26. The highest BCUT2D eigenvalue weighted by molar-refractivity contribution is 4.95. The molecule has 0 saturated heterocycles. The van der Waals surface area contributed by atoms with Gasteiger partial charge in [-0.25, -0.2) is 0 Å². The van der Waals surface area contributed by atoms with Gasteiger partial charge < -0.3 is 10.2 Å². The van der Waals surface area contributed by atoms with Crippen LogP contribution < -0.4 is 5.73 Å². The van der Waals surface area contributed by atoms with Crippen molar-refractivity contribution in [3.63, 3.8) is 0 Å². The van der Waals surface area contributed by atoms with Crippen LogP contribution in [0.4, 0.5) is 8.78 Å². The van der Waals surface area contributed by atoms with E-state index < -0.39 is 12.3 Å². The molecule has 0 amide bonds. The molecule has 6 heteroatoms. The van der Waals surface area contributed by atoms with Crippen molar-refractivity contribution in [2.45, 2.75) is 44.1 Å². The van der Waals surface area contributed by atoms with Crippen molar-refractivity contribution in [1.29, 1.82) is 0 Å². The summed E-state index contributed by atoms with van der Waals surface area (Å²) >= 11 is 0. The second kappa shape index (κ2) is 4.22. The SMILES string of the molecule is N[C@H]1CC[C@H](c2nnc(C(F)F)o2)CC1. The van der Waals surface area contributed by atoms with E-state index in [-0.39, 0.29) is 12.0 Å². The lowest BCUT2D eigenvalue weighted by Crippen LogP contribution is -2.25. The Morgan fingerprint density at radius 1 is 1.20 bits per heavy atom. The zero-order valence-electron chi connectivity index (χ0n) is 8.20. The minimum atomic E-state index is -2.68. The third kappa shape index (κ3) is 2.31. The van der Waals surface area contributed by atoms with Gasteiger partial charge in [-0.2, -0.15) is 8.78 Å². The molecule has 0 aromatic carbocycles. The number of halogens is 2. The van der Waals surface area contributed by atoms with Gasteiger partial charge in [0.1, 0.15) is 0 Å². The summed E-state index contributed by atoms with van der Waals surface area (Å²) in [6, 6.07) is 0.221. The molecule has 0 atom stereocenters. The molecule has 2 N–H and O–H groups in total. The maximum atomic E-state index is 12.2. The molecular formula is C9H13F2N3O. The molecule has 1 heterocycles. The maximum absolute atomic E-state index is 12.2. The van der Waals surface area contributed by atoms with E-state index in [9.17, 15) is 8.78 Å². The molecule has 1 fully saturated rings. The Morgan fingerprint density at radius 3 is 2.40 bits per heavy atom. The van der Waals surface area contributed by atoms with Gasteiger partial charge in [-0.3, -0.25) is 0 Å². The fourth-order valence-electron chi connectivity index (χ4n) is 1.87. The van der Waals surface area contributed by atoms with Crippen molar-refractivity contribution >= 4 is 0 Å².